The monoisotopic (exact) mass is 323 g/mol. The van der Waals surface area contributed by atoms with Gasteiger partial charge in [-0.1, -0.05) is 0 Å². The van der Waals surface area contributed by atoms with Gasteiger partial charge >= 0.3 is 5.97 Å². The smallest absolute Gasteiger partial charge is 0.331 e. The van der Waals surface area contributed by atoms with Crippen LogP contribution in [0.4, 0.5) is 5.82 Å². The minimum absolute atomic E-state index is 0.154. The molecule has 1 aliphatic rings. The van der Waals surface area contributed by atoms with Crippen molar-refractivity contribution in [1.29, 1.82) is 0 Å². The van der Waals surface area contributed by atoms with Crippen molar-refractivity contribution in [2.24, 2.45) is 4.99 Å². The van der Waals surface area contributed by atoms with E-state index in [1.54, 1.807) is 0 Å². The van der Waals surface area contributed by atoms with Crippen LogP contribution in [-0.4, -0.2) is 59.0 Å². The molecule has 0 bridgehead atoms. The molecule has 22 heavy (non-hydrogen) atoms. The van der Waals surface area contributed by atoms with Crippen molar-refractivity contribution in [2.75, 3.05) is 21.2 Å². The molecule has 0 aliphatic carbocycles. The number of aliphatic imine (C=N–C) groups is 1. The molecule has 10 heteroatoms. The first-order valence-corrected chi connectivity index (χ1v) is 6.89. The van der Waals surface area contributed by atoms with Gasteiger partial charge in [-0.2, -0.15) is 0 Å². The first-order valence-electron chi connectivity index (χ1n) is 6.07. The van der Waals surface area contributed by atoms with E-state index >= 15 is 0 Å². The summed E-state index contributed by atoms with van der Waals surface area (Å²) in [5, 5.41) is 2.76. The van der Waals surface area contributed by atoms with E-state index in [9.17, 15) is 14.4 Å². The van der Waals surface area contributed by atoms with Crippen molar-refractivity contribution in [3.63, 3.8) is 0 Å². The Kier molecular flexibility index (Phi) is 4.61. The predicted molar refractivity (Wildman–Crippen MR) is 79.5 cm³/mol. The zero-order chi connectivity index (χ0) is 16.3. The Morgan fingerprint density at radius 2 is 2.27 bits per heavy atom. The van der Waals surface area contributed by atoms with E-state index in [0.717, 1.165) is 17.8 Å². The van der Waals surface area contributed by atoms with Crippen LogP contribution in [0.3, 0.4) is 0 Å². The molecule has 2 N–H and O–H groups in total. The Hall–Kier alpha value is -2.62. The SMILES string of the molecule is CNC(=O)c1[nH]cnc1N=C1SC(=CC(=O)OC)C(=O)N1C. The topological polar surface area (TPSA) is 117 Å². The van der Waals surface area contributed by atoms with Crippen molar-refractivity contribution < 1.29 is 19.1 Å². The van der Waals surface area contributed by atoms with E-state index in [1.807, 2.05) is 0 Å². The number of rotatable bonds is 3. The van der Waals surface area contributed by atoms with Gasteiger partial charge in [-0.25, -0.2) is 14.8 Å². The van der Waals surface area contributed by atoms with Crippen LogP contribution in [0.25, 0.3) is 0 Å². The number of nitrogens with one attached hydrogen (secondary N) is 2. The van der Waals surface area contributed by atoms with Gasteiger partial charge in [-0.05, 0) is 11.8 Å². The zero-order valence-electron chi connectivity index (χ0n) is 12.0. The molecule has 0 radical (unpaired) electrons. The normalized spacial score (nSPS) is 18.1. The second-order valence-electron chi connectivity index (χ2n) is 4.07. The molecule has 1 aliphatic heterocycles. The molecule has 2 heterocycles. The van der Waals surface area contributed by atoms with Crippen LogP contribution >= 0.6 is 11.8 Å². The first-order chi connectivity index (χ1) is 10.5. The summed E-state index contributed by atoms with van der Waals surface area (Å²) in [4.78, 5) is 47.2. The van der Waals surface area contributed by atoms with Gasteiger partial charge in [0.05, 0.1) is 18.3 Å². The molecule has 116 valence electrons. The lowest BCUT2D eigenvalue weighted by Crippen LogP contribution is -2.24. The Morgan fingerprint density at radius 3 is 2.91 bits per heavy atom. The lowest BCUT2D eigenvalue weighted by atomic mass is 10.4. The highest BCUT2D eigenvalue weighted by molar-refractivity contribution is 8.18. The lowest BCUT2D eigenvalue weighted by molar-refractivity contribution is -0.135. The van der Waals surface area contributed by atoms with E-state index in [1.165, 1.54) is 32.4 Å². The number of imidazole rings is 1. The number of aromatic nitrogens is 2. The number of carbonyl (C=O) groups excluding carboxylic acids is 3. The van der Waals surface area contributed by atoms with Gasteiger partial charge in [0.15, 0.2) is 16.7 Å². The second-order valence-corrected chi connectivity index (χ2v) is 5.08. The van der Waals surface area contributed by atoms with Gasteiger partial charge in [0.25, 0.3) is 11.8 Å². The number of amides is 2. The third kappa shape index (κ3) is 3.01. The van der Waals surface area contributed by atoms with Crippen LogP contribution in [0.5, 0.6) is 0 Å². The number of ether oxygens (including phenoxy) is 1. The summed E-state index contributed by atoms with van der Waals surface area (Å²) in [6, 6.07) is 0. The molecule has 0 saturated carbocycles. The molecule has 2 amide bonds. The fourth-order valence-corrected chi connectivity index (χ4v) is 2.50. The predicted octanol–water partition coefficient (Wildman–Crippen LogP) is 0.0189. The molecule has 0 unspecified atom stereocenters. The van der Waals surface area contributed by atoms with E-state index in [4.69, 9.17) is 0 Å². The number of aromatic amines is 1. The number of esters is 1. The number of hydrogen-bond acceptors (Lipinski definition) is 7. The Labute approximate surface area is 129 Å². The van der Waals surface area contributed by atoms with Crippen molar-refractivity contribution in [1.82, 2.24) is 20.2 Å². The summed E-state index contributed by atoms with van der Waals surface area (Å²) in [5.41, 5.74) is 0.182. The lowest BCUT2D eigenvalue weighted by Gasteiger charge is -2.06. The van der Waals surface area contributed by atoms with E-state index < -0.39 is 5.97 Å². The summed E-state index contributed by atoms with van der Waals surface area (Å²) in [6.45, 7) is 0. The molecule has 1 saturated heterocycles. The number of H-pyrrole nitrogens is 1. The van der Waals surface area contributed by atoms with Crippen LogP contribution in [-0.2, 0) is 14.3 Å². The van der Waals surface area contributed by atoms with Crippen molar-refractivity contribution in [3.8, 4) is 0 Å². The average Bonchev–Trinajstić information content (AvgIpc) is 3.07. The van der Waals surface area contributed by atoms with E-state index in [2.05, 4.69) is 25.0 Å². The maximum atomic E-state index is 12.0. The van der Waals surface area contributed by atoms with Crippen molar-refractivity contribution >= 4 is 40.5 Å². The molecular formula is C12H13N5O4S. The molecule has 2 rings (SSSR count). The minimum Gasteiger partial charge on any atom is -0.466 e. The van der Waals surface area contributed by atoms with Gasteiger partial charge in [0.2, 0.25) is 0 Å². The fourth-order valence-electron chi connectivity index (χ4n) is 1.57. The quantitative estimate of drug-likeness (QED) is 0.598. The van der Waals surface area contributed by atoms with Gasteiger partial charge in [-0.3, -0.25) is 14.5 Å². The summed E-state index contributed by atoms with van der Waals surface area (Å²) in [7, 11) is 4.22. The largest absolute Gasteiger partial charge is 0.466 e. The van der Waals surface area contributed by atoms with Gasteiger partial charge in [0, 0.05) is 20.2 Å². The van der Waals surface area contributed by atoms with Crippen LogP contribution in [0.15, 0.2) is 22.3 Å². The fraction of sp³-hybridized carbons (Fsp3) is 0.250. The number of likely N-dealkylation sites (N-methyl/N-ethyl adjacent to an activating group) is 1. The number of thioether (sulfide) groups is 1. The number of nitrogens with zero attached hydrogens (tertiary/aromatic N) is 3. The molecule has 1 aromatic heterocycles. The molecule has 1 aromatic rings. The third-order valence-corrected chi connectivity index (χ3v) is 3.79. The van der Waals surface area contributed by atoms with Gasteiger partial charge in [-0.15, -0.1) is 0 Å². The minimum atomic E-state index is -0.628. The number of methoxy groups -OCH3 is 1. The summed E-state index contributed by atoms with van der Waals surface area (Å²) in [5.74, 6) is -1.23. The third-order valence-electron chi connectivity index (χ3n) is 2.73. The first kappa shape index (κ1) is 15.8. The number of carbonyl (C=O) groups is 3. The molecular weight excluding hydrogens is 310 g/mol. The van der Waals surface area contributed by atoms with E-state index in [-0.39, 0.29) is 28.2 Å². The molecule has 9 nitrogen and oxygen atoms in total. The summed E-state index contributed by atoms with van der Waals surface area (Å²) in [6.07, 6.45) is 2.42. The molecule has 0 atom stereocenters. The Balaban J connectivity index is 2.32. The highest BCUT2D eigenvalue weighted by Gasteiger charge is 2.31. The summed E-state index contributed by atoms with van der Waals surface area (Å²) < 4.78 is 4.49. The summed E-state index contributed by atoms with van der Waals surface area (Å²) >= 11 is 0.998. The molecule has 1 fully saturated rings. The van der Waals surface area contributed by atoms with Crippen molar-refractivity contribution in [2.45, 2.75) is 0 Å². The van der Waals surface area contributed by atoms with Gasteiger partial charge < -0.3 is 15.0 Å². The number of hydrogen-bond donors (Lipinski definition) is 2. The average molecular weight is 323 g/mol. The van der Waals surface area contributed by atoms with Crippen LogP contribution < -0.4 is 5.32 Å². The highest BCUT2D eigenvalue weighted by atomic mass is 32.2. The van der Waals surface area contributed by atoms with Crippen molar-refractivity contribution in [3.05, 3.63) is 23.0 Å². The maximum Gasteiger partial charge on any atom is 0.331 e. The highest BCUT2D eigenvalue weighted by Crippen LogP contribution is 2.31. The Bertz CT molecular complexity index is 693. The van der Waals surface area contributed by atoms with E-state index in [0.29, 0.717) is 5.17 Å². The number of amidine groups is 1. The van der Waals surface area contributed by atoms with Crippen LogP contribution in [0.2, 0.25) is 0 Å². The molecule has 0 aromatic carbocycles. The van der Waals surface area contributed by atoms with Crippen LogP contribution in [0.1, 0.15) is 10.5 Å². The second kappa shape index (κ2) is 6.43. The maximum absolute atomic E-state index is 12.0. The standard InChI is InChI=1S/C12H13N5O4S/c1-13-10(19)8-9(15-5-14-8)16-12-17(2)11(20)6(22-12)4-7(18)21-3/h4-5H,1-3H3,(H,13,19)(H,14,15). The van der Waals surface area contributed by atoms with Gasteiger partial charge in [0.1, 0.15) is 0 Å². The zero-order valence-corrected chi connectivity index (χ0v) is 12.9. The molecule has 0 spiro atoms. The Morgan fingerprint density at radius 1 is 1.55 bits per heavy atom. The van der Waals surface area contributed by atoms with Crippen LogP contribution in [0, 0.1) is 0 Å².